The smallest absolute Gasteiger partial charge is 0.171 e. The van der Waals surface area contributed by atoms with Crippen molar-refractivity contribution in [3.63, 3.8) is 0 Å². The van der Waals surface area contributed by atoms with Crippen LogP contribution in [-0.4, -0.2) is 23.2 Å². The molecule has 0 atom stereocenters. The van der Waals surface area contributed by atoms with E-state index in [1.165, 1.54) is 6.42 Å². The SMILES string of the molecule is Oc1cccnc1N1CCC1. The summed E-state index contributed by atoms with van der Waals surface area (Å²) in [5.74, 6) is 1.01. The minimum absolute atomic E-state index is 0.284. The highest BCUT2D eigenvalue weighted by molar-refractivity contribution is 5.52. The van der Waals surface area contributed by atoms with E-state index in [0.717, 1.165) is 18.9 Å². The Bertz CT molecular complexity index is 258. The van der Waals surface area contributed by atoms with Gasteiger partial charge in [0.15, 0.2) is 11.6 Å². The number of aromatic nitrogens is 1. The topological polar surface area (TPSA) is 36.4 Å². The van der Waals surface area contributed by atoms with Crippen molar-refractivity contribution in [3.05, 3.63) is 18.3 Å². The molecule has 0 unspecified atom stereocenters. The van der Waals surface area contributed by atoms with Gasteiger partial charge in [0.05, 0.1) is 0 Å². The molecule has 0 saturated carbocycles. The zero-order valence-electron chi connectivity index (χ0n) is 6.20. The van der Waals surface area contributed by atoms with Crippen LogP contribution in [0.3, 0.4) is 0 Å². The van der Waals surface area contributed by atoms with Crippen LogP contribution in [0.5, 0.6) is 5.75 Å². The van der Waals surface area contributed by atoms with Crippen molar-refractivity contribution in [2.75, 3.05) is 18.0 Å². The molecule has 1 aromatic heterocycles. The summed E-state index contributed by atoms with van der Waals surface area (Å²) in [5.41, 5.74) is 0. The van der Waals surface area contributed by atoms with E-state index in [-0.39, 0.29) is 5.75 Å². The third-order valence-corrected chi connectivity index (χ3v) is 1.92. The number of pyridine rings is 1. The second kappa shape index (κ2) is 2.42. The molecule has 3 heteroatoms. The van der Waals surface area contributed by atoms with Gasteiger partial charge in [0.1, 0.15) is 0 Å². The number of hydrogen-bond acceptors (Lipinski definition) is 3. The summed E-state index contributed by atoms with van der Waals surface area (Å²) in [5, 5.41) is 9.34. The molecule has 11 heavy (non-hydrogen) atoms. The van der Waals surface area contributed by atoms with Crippen LogP contribution in [0.15, 0.2) is 18.3 Å². The van der Waals surface area contributed by atoms with Gasteiger partial charge < -0.3 is 10.0 Å². The number of anilines is 1. The van der Waals surface area contributed by atoms with Gasteiger partial charge in [-0.15, -0.1) is 0 Å². The maximum atomic E-state index is 9.34. The molecule has 2 rings (SSSR count). The van der Waals surface area contributed by atoms with Crippen molar-refractivity contribution in [3.8, 4) is 5.75 Å². The molecule has 1 aromatic rings. The van der Waals surface area contributed by atoms with Gasteiger partial charge in [-0.25, -0.2) is 4.98 Å². The van der Waals surface area contributed by atoms with Crippen LogP contribution in [0.2, 0.25) is 0 Å². The van der Waals surface area contributed by atoms with Gasteiger partial charge in [0.25, 0.3) is 0 Å². The summed E-state index contributed by atoms with van der Waals surface area (Å²) in [6.07, 6.45) is 2.91. The van der Waals surface area contributed by atoms with Crippen LogP contribution < -0.4 is 4.90 Å². The molecule has 1 fully saturated rings. The van der Waals surface area contributed by atoms with Gasteiger partial charge in [0.2, 0.25) is 0 Å². The molecule has 0 radical (unpaired) electrons. The Morgan fingerprint density at radius 2 is 2.27 bits per heavy atom. The highest BCUT2D eigenvalue weighted by atomic mass is 16.3. The van der Waals surface area contributed by atoms with Crippen molar-refractivity contribution in [2.45, 2.75) is 6.42 Å². The number of hydrogen-bond donors (Lipinski definition) is 1. The molecule has 0 spiro atoms. The summed E-state index contributed by atoms with van der Waals surface area (Å²) >= 11 is 0. The first-order valence-electron chi connectivity index (χ1n) is 3.77. The van der Waals surface area contributed by atoms with E-state index < -0.39 is 0 Å². The van der Waals surface area contributed by atoms with Gasteiger partial charge in [-0.1, -0.05) is 0 Å². The highest BCUT2D eigenvalue weighted by Gasteiger charge is 2.17. The Morgan fingerprint density at radius 3 is 2.82 bits per heavy atom. The molecule has 0 amide bonds. The third-order valence-electron chi connectivity index (χ3n) is 1.92. The monoisotopic (exact) mass is 150 g/mol. The average molecular weight is 150 g/mol. The third kappa shape index (κ3) is 1.02. The molecule has 0 bridgehead atoms. The number of aromatic hydroxyl groups is 1. The minimum Gasteiger partial charge on any atom is -0.504 e. The van der Waals surface area contributed by atoms with Crippen molar-refractivity contribution in [2.24, 2.45) is 0 Å². The van der Waals surface area contributed by atoms with Crippen LogP contribution in [0, 0.1) is 0 Å². The Hall–Kier alpha value is -1.25. The molecule has 0 aromatic carbocycles. The Kier molecular flexibility index (Phi) is 1.42. The lowest BCUT2D eigenvalue weighted by atomic mass is 10.2. The first kappa shape index (κ1) is 6.46. The molecule has 58 valence electrons. The fourth-order valence-electron chi connectivity index (χ4n) is 1.16. The predicted molar refractivity (Wildman–Crippen MR) is 42.7 cm³/mol. The Balaban J connectivity index is 2.28. The van der Waals surface area contributed by atoms with E-state index in [1.807, 2.05) is 0 Å². The molecular weight excluding hydrogens is 140 g/mol. The van der Waals surface area contributed by atoms with E-state index in [0.29, 0.717) is 0 Å². The second-order valence-electron chi connectivity index (χ2n) is 2.69. The van der Waals surface area contributed by atoms with Crippen LogP contribution in [0.4, 0.5) is 5.82 Å². The minimum atomic E-state index is 0.284. The predicted octanol–water partition coefficient (Wildman–Crippen LogP) is 0.997. The molecule has 1 N–H and O–H groups in total. The summed E-state index contributed by atoms with van der Waals surface area (Å²) in [6, 6.07) is 3.40. The lowest BCUT2D eigenvalue weighted by molar-refractivity contribution is 0.465. The van der Waals surface area contributed by atoms with Gasteiger partial charge in [-0.2, -0.15) is 0 Å². The Labute approximate surface area is 65.3 Å². The number of nitrogens with zero attached hydrogens (tertiary/aromatic N) is 2. The molecule has 1 aliphatic rings. The lowest BCUT2D eigenvalue weighted by Crippen LogP contribution is -2.37. The van der Waals surface area contributed by atoms with Crippen LogP contribution >= 0.6 is 0 Å². The van der Waals surface area contributed by atoms with Gasteiger partial charge in [-0.05, 0) is 18.6 Å². The maximum Gasteiger partial charge on any atom is 0.171 e. The maximum absolute atomic E-state index is 9.34. The first-order valence-corrected chi connectivity index (χ1v) is 3.77. The Morgan fingerprint density at radius 1 is 1.45 bits per heavy atom. The van der Waals surface area contributed by atoms with E-state index in [2.05, 4.69) is 9.88 Å². The van der Waals surface area contributed by atoms with Crippen molar-refractivity contribution >= 4 is 5.82 Å². The van der Waals surface area contributed by atoms with Crippen molar-refractivity contribution in [1.29, 1.82) is 0 Å². The standard InChI is InChI=1S/C8H10N2O/c11-7-3-1-4-9-8(7)10-5-2-6-10/h1,3-4,11H,2,5-6H2. The molecule has 3 nitrogen and oxygen atoms in total. The van der Waals surface area contributed by atoms with Gasteiger partial charge >= 0.3 is 0 Å². The van der Waals surface area contributed by atoms with Crippen LogP contribution in [-0.2, 0) is 0 Å². The highest BCUT2D eigenvalue weighted by Crippen LogP contribution is 2.26. The van der Waals surface area contributed by atoms with E-state index in [4.69, 9.17) is 0 Å². The van der Waals surface area contributed by atoms with Crippen LogP contribution in [0.25, 0.3) is 0 Å². The second-order valence-corrected chi connectivity index (χ2v) is 2.69. The zero-order valence-corrected chi connectivity index (χ0v) is 6.20. The zero-order chi connectivity index (χ0) is 7.68. The summed E-state index contributed by atoms with van der Waals surface area (Å²) in [6.45, 7) is 2.04. The number of rotatable bonds is 1. The van der Waals surface area contributed by atoms with Gasteiger partial charge in [0, 0.05) is 19.3 Å². The molecular formula is C8H10N2O. The molecule has 0 aliphatic carbocycles. The summed E-state index contributed by atoms with van der Waals surface area (Å²) < 4.78 is 0. The molecule has 1 saturated heterocycles. The summed E-state index contributed by atoms with van der Waals surface area (Å²) in [7, 11) is 0. The van der Waals surface area contributed by atoms with Crippen molar-refractivity contribution < 1.29 is 5.11 Å². The normalized spacial score (nSPS) is 16.2. The van der Waals surface area contributed by atoms with E-state index in [9.17, 15) is 5.11 Å². The fourth-order valence-corrected chi connectivity index (χ4v) is 1.16. The summed E-state index contributed by atoms with van der Waals surface area (Å²) in [4.78, 5) is 6.14. The fraction of sp³-hybridized carbons (Fsp3) is 0.375. The van der Waals surface area contributed by atoms with Gasteiger partial charge in [-0.3, -0.25) is 0 Å². The van der Waals surface area contributed by atoms with Crippen LogP contribution in [0.1, 0.15) is 6.42 Å². The lowest BCUT2D eigenvalue weighted by Gasteiger charge is -2.32. The van der Waals surface area contributed by atoms with E-state index in [1.54, 1.807) is 18.3 Å². The average Bonchev–Trinajstić information content (AvgIpc) is 1.90. The van der Waals surface area contributed by atoms with Crippen molar-refractivity contribution in [1.82, 2.24) is 4.98 Å². The largest absolute Gasteiger partial charge is 0.504 e. The molecule has 1 aliphatic heterocycles. The molecule has 2 heterocycles. The van der Waals surface area contributed by atoms with E-state index >= 15 is 0 Å². The quantitative estimate of drug-likeness (QED) is 0.648. The first-order chi connectivity index (χ1) is 5.38.